The number of alkyl halides is 2. The maximum absolute atomic E-state index is 12.5. The molecule has 0 atom stereocenters. The molecule has 4 nitrogen and oxygen atoms in total. The van der Waals surface area contributed by atoms with Gasteiger partial charge in [0.25, 0.3) is 0 Å². The Morgan fingerprint density at radius 2 is 2.12 bits per heavy atom. The molecular formula is C16H24F2IN3OS. The summed E-state index contributed by atoms with van der Waals surface area (Å²) in [7, 11) is 1.73. The average Bonchev–Trinajstić information content (AvgIpc) is 2.48. The summed E-state index contributed by atoms with van der Waals surface area (Å²) in [6, 6.07) is 6.81. The van der Waals surface area contributed by atoms with Crippen LogP contribution in [-0.2, 0) is 6.54 Å². The first-order chi connectivity index (χ1) is 10.9. The van der Waals surface area contributed by atoms with E-state index in [4.69, 9.17) is 0 Å². The number of para-hydroxylation sites is 1. The van der Waals surface area contributed by atoms with Crippen LogP contribution in [0.15, 0.2) is 29.3 Å². The molecule has 0 amide bonds. The van der Waals surface area contributed by atoms with Crippen LogP contribution in [0.4, 0.5) is 8.78 Å². The number of rotatable bonds is 4. The Morgan fingerprint density at radius 1 is 1.42 bits per heavy atom. The predicted octanol–water partition coefficient (Wildman–Crippen LogP) is 3.81. The lowest BCUT2D eigenvalue weighted by atomic mass is 10.2. The van der Waals surface area contributed by atoms with Gasteiger partial charge in [-0.2, -0.15) is 20.5 Å². The highest BCUT2D eigenvalue weighted by molar-refractivity contribution is 14.0. The Balaban J connectivity index is 0.00000288. The summed E-state index contributed by atoms with van der Waals surface area (Å²) in [6.45, 7) is 3.80. The number of benzene rings is 1. The number of guanidine groups is 1. The van der Waals surface area contributed by atoms with Gasteiger partial charge >= 0.3 is 6.61 Å². The molecule has 0 radical (unpaired) electrons. The van der Waals surface area contributed by atoms with Crippen molar-refractivity contribution in [2.75, 3.05) is 25.9 Å². The molecule has 2 rings (SSSR count). The topological polar surface area (TPSA) is 36.9 Å². The highest BCUT2D eigenvalue weighted by atomic mass is 127. The van der Waals surface area contributed by atoms with Gasteiger partial charge in [-0.25, -0.2) is 0 Å². The summed E-state index contributed by atoms with van der Waals surface area (Å²) >= 11 is 1.95. The second-order valence-electron chi connectivity index (χ2n) is 5.92. The molecule has 0 aliphatic carbocycles. The normalized spacial score (nSPS) is 17.4. The van der Waals surface area contributed by atoms with Crippen molar-refractivity contribution >= 4 is 41.7 Å². The maximum Gasteiger partial charge on any atom is 0.387 e. The SMILES string of the molecule is CN=C(NCc1ccccc1OC(F)F)N1CCSC(C)(C)C1.I. The van der Waals surface area contributed by atoms with Gasteiger partial charge in [0.15, 0.2) is 5.96 Å². The number of nitrogens with zero attached hydrogens (tertiary/aromatic N) is 2. The van der Waals surface area contributed by atoms with Gasteiger partial charge in [0.05, 0.1) is 0 Å². The van der Waals surface area contributed by atoms with Crippen molar-refractivity contribution in [3.8, 4) is 5.75 Å². The molecule has 0 bridgehead atoms. The minimum Gasteiger partial charge on any atom is -0.434 e. The number of thioether (sulfide) groups is 1. The molecule has 1 fully saturated rings. The summed E-state index contributed by atoms with van der Waals surface area (Å²) in [5.74, 6) is 2.02. The maximum atomic E-state index is 12.5. The molecule has 0 spiro atoms. The van der Waals surface area contributed by atoms with E-state index in [-0.39, 0.29) is 34.5 Å². The van der Waals surface area contributed by atoms with Crippen LogP contribution in [0.3, 0.4) is 0 Å². The molecule has 1 saturated heterocycles. The molecule has 8 heteroatoms. The number of hydrogen-bond donors (Lipinski definition) is 1. The fourth-order valence-corrected chi connectivity index (χ4v) is 3.68. The zero-order valence-electron chi connectivity index (χ0n) is 14.1. The van der Waals surface area contributed by atoms with Crippen LogP contribution < -0.4 is 10.1 Å². The third-order valence-corrected chi connectivity index (χ3v) is 4.86. The third-order valence-electron chi connectivity index (χ3n) is 3.56. The van der Waals surface area contributed by atoms with Crippen molar-refractivity contribution in [1.29, 1.82) is 0 Å². The molecule has 1 aliphatic rings. The van der Waals surface area contributed by atoms with Gasteiger partial charge in [0.1, 0.15) is 5.75 Å². The van der Waals surface area contributed by atoms with E-state index < -0.39 is 6.61 Å². The van der Waals surface area contributed by atoms with Gasteiger partial charge in [0.2, 0.25) is 0 Å². The Kier molecular flexibility index (Phi) is 8.55. The fourth-order valence-electron chi connectivity index (χ4n) is 2.56. The smallest absolute Gasteiger partial charge is 0.387 e. The third kappa shape index (κ3) is 6.27. The van der Waals surface area contributed by atoms with E-state index in [0.29, 0.717) is 12.1 Å². The fraction of sp³-hybridized carbons (Fsp3) is 0.562. The number of halogens is 3. The van der Waals surface area contributed by atoms with Crippen LogP contribution in [-0.4, -0.2) is 48.1 Å². The first-order valence-corrected chi connectivity index (χ1v) is 8.52. The molecule has 0 unspecified atom stereocenters. The Labute approximate surface area is 163 Å². The van der Waals surface area contributed by atoms with E-state index in [0.717, 1.165) is 24.8 Å². The Hall–Kier alpha value is -0.770. The summed E-state index contributed by atoms with van der Waals surface area (Å²) in [5.41, 5.74) is 0.680. The highest BCUT2D eigenvalue weighted by Gasteiger charge is 2.28. The lowest BCUT2D eigenvalue weighted by Crippen LogP contribution is -2.50. The quantitative estimate of drug-likeness (QED) is 0.412. The second kappa shape index (κ2) is 9.65. The van der Waals surface area contributed by atoms with Crippen LogP contribution in [0.25, 0.3) is 0 Å². The molecule has 0 aromatic heterocycles. The lowest BCUT2D eigenvalue weighted by Gasteiger charge is -2.39. The monoisotopic (exact) mass is 471 g/mol. The van der Waals surface area contributed by atoms with Crippen molar-refractivity contribution in [1.82, 2.24) is 10.2 Å². The van der Waals surface area contributed by atoms with Crippen LogP contribution in [0.5, 0.6) is 5.75 Å². The number of ether oxygens (including phenoxy) is 1. The van der Waals surface area contributed by atoms with Gasteiger partial charge in [0, 0.05) is 42.7 Å². The molecule has 0 saturated carbocycles. The lowest BCUT2D eigenvalue weighted by molar-refractivity contribution is -0.0504. The minimum atomic E-state index is -2.82. The summed E-state index contributed by atoms with van der Waals surface area (Å²) in [6.07, 6.45) is 0. The van der Waals surface area contributed by atoms with Crippen LogP contribution >= 0.6 is 35.7 Å². The van der Waals surface area contributed by atoms with Gasteiger partial charge in [-0.1, -0.05) is 18.2 Å². The number of aliphatic imine (C=N–C) groups is 1. The standard InChI is InChI=1S/C16H23F2N3OS.HI/c1-16(2)11-21(8-9-23-16)15(19-3)20-10-12-6-4-5-7-13(12)22-14(17)18;/h4-7,14H,8-11H2,1-3H3,(H,19,20);1H. The van der Waals surface area contributed by atoms with E-state index in [1.165, 1.54) is 0 Å². The zero-order valence-corrected chi connectivity index (χ0v) is 17.2. The van der Waals surface area contributed by atoms with E-state index >= 15 is 0 Å². The van der Waals surface area contributed by atoms with E-state index in [9.17, 15) is 8.78 Å². The summed E-state index contributed by atoms with van der Waals surface area (Å²) in [4.78, 5) is 6.52. The van der Waals surface area contributed by atoms with Gasteiger partial charge in [-0.3, -0.25) is 4.99 Å². The van der Waals surface area contributed by atoms with E-state index in [2.05, 4.69) is 33.8 Å². The van der Waals surface area contributed by atoms with Crippen LogP contribution in [0, 0.1) is 0 Å². The van der Waals surface area contributed by atoms with Crippen molar-refractivity contribution in [2.45, 2.75) is 31.8 Å². The molecule has 24 heavy (non-hydrogen) atoms. The highest BCUT2D eigenvalue weighted by Crippen LogP contribution is 2.29. The van der Waals surface area contributed by atoms with Crippen molar-refractivity contribution in [2.24, 2.45) is 4.99 Å². The van der Waals surface area contributed by atoms with Gasteiger partial charge in [-0.05, 0) is 19.9 Å². The van der Waals surface area contributed by atoms with E-state index in [1.807, 2.05) is 11.8 Å². The first-order valence-electron chi connectivity index (χ1n) is 7.53. The largest absolute Gasteiger partial charge is 0.434 e. The van der Waals surface area contributed by atoms with Gasteiger partial charge in [-0.15, -0.1) is 24.0 Å². The molecule has 136 valence electrons. The van der Waals surface area contributed by atoms with E-state index in [1.54, 1.807) is 31.3 Å². The Morgan fingerprint density at radius 3 is 2.75 bits per heavy atom. The first kappa shape index (κ1) is 21.3. The minimum absolute atomic E-state index is 0. The molecule has 1 aromatic carbocycles. The van der Waals surface area contributed by atoms with Crippen molar-refractivity contribution in [3.05, 3.63) is 29.8 Å². The van der Waals surface area contributed by atoms with Crippen molar-refractivity contribution < 1.29 is 13.5 Å². The summed E-state index contributed by atoms with van der Waals surface area (Å²) < 4.78 is 29.7. The molecule has 1 heterocycles. The predicted molar refractivity (Wildman–Crippen MR) is 107 cm³/mol. The number of nitrogens with one attached hydrogen (secondary N) is 1. The average molecular weight is 471 g/mol. The molecule has 1 aliphatic heterocycles. The molecular weight excluding hydrogens is 447 g/mol. The Bertz CT molecular complexity index is 558. The molecule has 1 aromatic rings. The van der Waals surface area contributed by atoms with Crippen LogP contribution in [0.1, 0.15) is 19.4 Å². The van der Waals surface area contributed by atoms with Crippen molar-refractivity contribution in [3.63, 3.8) is 0 Å². The molecule has 1 N–H and O–H groups in total. The summed E-state index contributed by atoms with van der Waals surface area (Å²) in [5, 5.41) is 3.25. The van der Waals surface area contributed by atoms with Crippen LogP contribution in [0.2, 0.25) is 0 Å². The zero-order chi connectivity index (χ0) is 16.9. The van der Waals surface area contributed by atoms with Gasteiger partial charge < -0.3 is 15.0 Å². The second-order valence-corrected chi connectivity index (χ2v) is 7.72. The number of hydrogen-bond acceptors (Lipinski definition) is 3.